The topological polar surface area (TPSA) is 0 Å². The van der Waals surface area contributed by atoms with Crippen LogP contribution in [0.1, 0.15) is 25.0 Å². The summed E-state index contributed by atoms with van der Waals surface area (Å²) in [6, 6.07) is 17.7. The van der Waals surface area contributed by atoms with Gasteiger partial charge in [0.2, 0.25) is 0 Å². The number of halogens is 1. The first kappa shape index (κ1) is 19.0. The van der Waals surface area contributed by atoms with Crippen LogP contribution in [0.5, 0.6) is 0 Å². The van der Waals surface area contributed by atoms with E-state index >= 15 is 0 Å². The minimum absolute atomic E-state index is 0.188. The number of benzene rings is 2. The average Bonchev–Trinajstić information content (AvgIpc) is 3.19. The second-order valence-electron chi connectivity index (χ2n) is 7.39. The van der Waals surface area contributed by atoms with E-state index in [2.05, 4.69) is 116 Å². The molecule has 0 saturated carbocycles. The van der Waals surface area contributed by atoms with E-state index in [4.69, 9.17) is 0 Å². The van der Waals surface area contributed by atoms with Crippen molar-refractivity contribution in [2.24, 2.45) is 11.8 Å². The van der Waals surface area contributed by atoms with Gasteiger partial charge in [0.15, 0.2) is 0 Å². The molecule has 2 aliphatic carbocycles. The largest absolute Gasteiger partial charge is 0.102 e. The zero-order valence-corrected chi connectivity index (χ0v) is 18.0. The van der Waals surface area contributed by atoms with Crippen molar-refractivity contribution >= 4 is 15.9 Å². The predicted octanol–water partition coefficient (Wildman–Crippen LogP) is 7.74. The van der Waals surface area contributed by atoms with Crippen LogP contribution in [0.3, 0.4) is 0 Å². The fourth-order valence-electron chi connectivity index (χ4n) is 5.38. The predicted molar refractivity (Wildman–Crippen MR) is 125 cm³/mol. The van der Waals surface area contributed by atoms with Gasteiger partial charge in [0.05, 0.1) is 5.41 Å². The summed E-state index contributed by atoms with van der Waals surface area (Å²) in [5.74, 6) is 0.396. The van der Waals surface area contributed by atoms with Gasteiger partial charge in [0.25, 0.3) is 0 Å². The van der Waals surface area contributed by atoms with Gasteiger partial charge in [-0.2, -0.15) is 0 Å². The molecule has 2 aromatic rings. The van der Waals surface area contributed by atoms with E-state index in [0.717, 1.165) is 0 Å². The van der Waals surface area contributed by atoms with Crippen LogP contribution in [0.15, 0.2) is 108 Å². The van der Waals surface area contributed by atoms with Crippen molar-refractivity contribution in [1.29, 1.82) is 0 Å². The minimum atomic E-state index is -0.257. The normalized spacial score (nSPS) is 22.6. The number of hydrogen-bond donors (Lipinski definition) is 0. The Labute approximate surface area is 176 Å². The van der Waals surface area contributed by atoms with Crippen LogP contribution >= 0.6 is 15.9 Å². The summed E-state index contributed by atoms with van der Waals surface area (Å²) in [6.07, 6.45) is 10.7. The molecule has 0 heterocycles. The van der Waals surface area contributed by atoms with Crippen LogP contribution in [0.25, 0.3) is 11.1 Å². The third-order valence-electron chi connectivity index (χ3n) is 6.29. The Morgan fingerprint density at radius 1 is 0.964 bits per heavy atom. The Morgan fingerprint density at radius 3 is 2.00 bits per heavy atom. The Kier molecular flexibility index (Phi) is 4.89. The minimum Gasteiger partial charge on any atom is -0.102 e. The fraction of sp³-hybridized carbons (Fsp3) is 0.185. The van der Waals surface area contributed by atoms with Crippen LogP contribution in [0, 0.1) is 11.8 Å². The van der Waals surface area contributed by atoms with Crippen LogP contribution in [-0.2, 0) is 5.41 Å². The van der Waals surface area contributed by atoms with Gasteiger partial charge in [-0.05, 0) is 51.7 Å². The van der Waals surface area contributed by atoms with Gasteiger partial charge in [-0.15, -0.1) is 6.58 Å². The molecule has 2 unspecified atom stereocenters. The lowest BCUT2D eigenvalue weighted by atomic mass is 9.65. The molecule has 0 radical (unpaired) electrons. The first-order valence-electron chi connectivity index (χ1n) is 9.80. The van der Waals surface area contributed by atoms with E-state index < -0.39 is 0 Å². The number of fused-ring (bicyclic) bond motifs is 5. The van der Waals surface area contributed by atoms with Gasteiger partial charge in [-0.1, -0.05) is 101 Å². The highest BCUT2D eigenvalue weighted by Crippen LogP contribution is 2.65. The average molecular weight is 429 g/mol. The van der Waals surface area contributed by atoms with Crippen molar-refractivity contribution in [3.63, 3.8) is 0 Å². The molecule has 0 N–H and O–H groups in total. The second-order valence-corrected chi connectivity index (χ2v) is 8.30. The standard InChI is InChI=1S/C27H25Br/c1-5-13-22-18(6-2)19(7-3)26(25(28)8-4)27(22)23-16-11-9-14-20(23)21-15-10-12-17-24(21)27/h5-17,19,26H,2-3H2,1,4H3/b13-5-,25-8+. The molecule has 0 aliphatic heterocycles. The van der Waals surface area contributed by atoms with Crippen LogP contribution in [0.2, 0.25) is 0 Å². The molecule has 0 saturated heterocycles. The van der Waals surface area contributed by atoms with Crippen molar-refractivity contribution in [3.8, 4) is 11.1 Å². The third-order valence-corrected chi connectivity index (χ3v) is 7.25. The summed E-state index contributed by atoms with van der Waals surface area (Å²) in [5.41, 5.74) is 7.74. The lowest BCUT2D eigenvalue weighted by Gasteiger charge is -2.38. The summed E-state index contributed by atoms with van der Waals surface area (Å²) in [4.78, 5) is 0. The number of allylic oxidation sites excluding steroid dienone is 8. The third kappa shape index (κ3) is 2.29. The highest BCUT2D eigenvalue weighted by molar-refractivity contribution is 9.11. The molecule has 2 aromatic carbocycles. The van der Waals surface area contributed by atoms with Gasteiger partial charge in [-0.25, -0.2) is 0 Å². The molecule has 0 bridgehead atoms. The zero-order valence-electron chi connectivity index (χ0n) is 16.5. The molecule has 4 rings (SSSR count). The van der Waals surface area contributed by atoms with E-state index in [-0.39, 0.29) is 17.3 Å². The molecule has 1 spiro atoms. The molecule has 2 aliphatic rings. The maximum Gasteiger partial charge on any atom is 0.0548 e. The van der Waals surface area contributed by atoms with E-state index in [0.29, 0.717) is 0 Å². The molecular formula is C27H25Br. The molecule has 28 heavy (non-hydrogen) atoms. The molecule has 0 amide bonds. The van der Waals surface area contributed by atoms with E-state index in [9.17, 15) is 0 Å². The second kappa shape index (κ2) is 7.22. The molecule has 0 aromatic heterocycles. The Balaban J connectivity index is 2.22. The lowest BCUT2D eigenvalue weighted by Crippen LogP contribution is -2.35. The summed E-state index contributed by atoms with van der Waals surface area (Å²) in [5, 5.41) is 0. The molecule has 2 atom stereocenters. The van der Waals surface area contributed by atoms with E-state index in [1.165, 1.54) is 37.9 Å². The van der Waals surface area contributed by atoms with Crippen molar-refractivity contribution < 1.29 is 0 Å². The zero-order chi connectivity index (χ0) is 19.9. The van der Waals surface area contributed by atoms with E-state index in [1.807, 2.05) is 6.08 Å². The molecule has 0 fully saturated rings. The summed E-state index contributed by atoms with van der Waals surface area (Å²) in [6.45, 7) is 12.6. The molecule has 140 valence electrons. The van der Waals surface area contributed by atoms with Crippen LogP contribution in [-0.4, -0.2) is 0 Å². The number of hydrogen-bond acceptors (Lipinski definition) is 0. The Bertz CT molecular complexity index is 1000. The van der Waals surface area contributed by atoms with Gasteiger partial charge in [0.1, 0.15) is 0 Å². The molecule has 1 heteroatoms. The Hall–Kier alpha value is -2.38. The van der Waals surface area contributed by atoms with Gasteiger partial charge in [0, 0.05) is 11.8 Å². The summed E-state index contributed by atoms with van der Waals surface area (Å²) < 4.78 is 1.21. The van der Waals surface area contributed by atoms with Crippen molar-refractivity contribution in [3.05, 3.63) is 119 Å². The maximum absolute atomic E-state index is 4.21. The lowest BCUT2D eigenvalue weighted by molar-refractivity contribution is 0.433. The van der Waals surface area contributed by atoms with Crippen LogP contribution in [0.4, 0.5) is 0 Å². The van der Waals surface area contributed by atoms with Gasteiger partial charge < -0.3 is 0 Å². The summed E-state index contributed by atoms with van der Waals surface area (Å²) in [7, 11) is 0. The van der Waals surface area contributed by atoms with E-state index in [1.54, 1.807) is 0 Å². The number of rotatable bonds is 4. The van der Waals surface area contributed by atoms with Crippen molar-refractivity contribution in [1.82, 2.24) is 0 Å². The highest BCUT2D eigenvalue weighted by Gasteiger charge is 2.58. The molecule has 0 nitrogen and oxygen atoms in total. The smallest absolute Gasteiger partial charge is 0.0548 e. The fourth-order valence-corrected chi connectivity index (χ4v) is 6.01. The quantitative estimate of drug-likeness (QED) is 0.436. The van der Waals surface area contributed by atoms with Crippen molar-refractivity contribution in [2.75, 3.05) is 0 Å². The van der Waals surface area contributed by atoms with Gasteiger partial charge in [-0.3, -0.25) is 0 Å². The molecular weight excluding hydrogens is 404 g/mol. The Morgan fingerprint density at radius 2 is 1.54 bits per heavy atom. The monoisotopic (exact) mass is 428 g/mol. The summed E-state index contributed by atoms with van der Waals surface area (Å²) >= 11 is 3.94. The van der Waals surface area contributed by atoms with Gasteiger partial charge >= 0.3 is 0 Å². The first-order chi connectivity index (χ1) is 13.7. The van der Waals surface area contributed by atoms with Crippen molar-refractivity contribution in [2.45, 2.75) is 19.3 Å². The SMILES string of the molecule is C=CC1=C(/C=C\C)C2(c3ccccc3-c3ccccc32)C(/C(Br)=C\C)C1C=C. The highest BCUT2D eigenvalue weighted by atomic mass is 79.9. The maximum atomic E-state index is 4.21. The van der Waals surface area contributed by atoms with Crippen LogP contribution < -0.4 is 0 Å². The first-order valence-corrected chi connectivity index (χ1v) is 10.6.